The third-order valence-corrected chi connectivity index (χ3v) is 3.49. The zero-order valence-electron chi connectivity index (χ0n) is 14.1. The SMILES string of the molecule is O=[N+]([O-])c1ccccc1NCCNc1nccc(Oc2ccc(F)cc2)n1. The van der Waals surface area contributed by atoms with Gasteiger partial charge in [-0.25, -0.2) is 9.37 Å². The van der Waals surface area contributed by atoms with Crippen LogP contribution in [0.1, 0.15) is 0 Å². The molecule has 1 aromatic heterocycles. The monoisotopic (exact) mass is 369 g/mol. The van der Waals surface area contributed by atoms with Gasteiger partial charge in [0.25, 0.3) is 5.69 Å². The highest BCUT2D eigenvalue weighted by atomic mass is 19.1. The molecule has 9 heteroatoms. The zero-order valence-corrected chi connectivity index (χ0v) is 14.1. The van der Waals surface area contributed by atoms with Gasteiger partial charge in [-0.05, 0) is 30.3 Å². The van der Waals surface area contributed by atoms with Crippen molar-refractivity contribution in [1.29, 1.82) is 0 Å². The van der Waals surface area contributed by atoms with Crippen LogP contribution >= 0.6 is 0 Å². The van der Waals surface area contributed by atoms with Crippen LogP contribution in [0.2, 0.25) is 0 Å². The maximum Gasteiger partial charge on any atom is 0.292 e. The standard InChI is InChI=1S/C18H16FN5O3/c19-13-5-7-14(8-6-13)27-17-9-10-21-18(23-17)22-12-11-20-15-3-1-2-4-16(15)24(25)26/h1-10,20H,11-12H2,(H,21,22,23). The van der Waals surface area contributed by atoms with Gasteiger partial charge in [-0.2, -0.15) is 4.98 Å². The van der Waals surface area contributed by atoms with Crippen LogP contribution in [0.15, 0.2) is 60.8 Å². The summed E-state index contributed by atoms with van der Waals surface area (Å²) in [5, 5.41) is 17.0. The lowest BCUT2D eigenvalue weighted by Crippen LogP contribution is -2.15. The molecule has 1 heterocycles. The highest BCUT2D eigenvalue weighted by Gasteiger charge is 2.11. The lowest BCUT2D eigenvalue weighted by Gasteiger charge is -2.09. The van der Waals surface area contributed by atoms with Gasteiger partial charge >= 0.3 is 0 Å². The highest BCUT2D eigenvalue weighted by Crippen LogP contribution is 2.23. The average molecular weight is 369 g/mol. The number of nitro benzene ring substituents is 1. The van der Waals surface area contributed by atoms with E-state index in [0.29, 0.717) is 36.4 Å². The fraction of sp³-hybridized carbons (Fsp3) is 0.111. The van der Waals surface area contributed by atoms with E-state index in [1.165, 1.54) is 36.5 Å². The number of ether oxygens (including phenoxy) is 1. The third kappa shape index (κ3) is 5.11. The Bertz CT molecular complexity index is 921. The predicted molar refractivity (Wildman–Crippen MR) is 98.6 cm³/mol. The van der Waals surface area contributed by atoms with Crippen molar-refractivity contribution in [1.82, 2.24) is 9.97 Å². The first-order valence-corrected chi connectivity index (χ1v) is 8.09. The summed E-state index contributed by atoms with van der Waals surface area (Å²) in [5.74, 6) is 0.766. The number of benzene rings is 2. The Morgan fingerprint density at radius 1 is 1.04 bits per heavy atom. The summed E-state index contributed by atoms with van der Waals surface area (Å²) < 4.78 is 18.5. The summed E-state index contributed by atoms with van der Waals surface area (Å²) in [4.78, 5) is 18.8. The fourth-order valence-corrected chi connectivity index (χ4v) is 2.26. The number of hydrogen-bond donors (Lipinski definition) is 2. The number of nitrogens with zero attached hydrogens (tertiary/aromatic N) is 3. The van der Waals surface area contributed by atoms with E-state index in [1.54, 1.807) is 24.3 Å². The number of halogens is 1. The number of rotatable bonds is 8. The molecule has 138 valence electrons. The van der Waals surface area contributed by atoms with Crippen LogP contribution < -0.4 is 15.4 Å². The summed E-state index contributed by atoms with van der Waals surface area (Å²) in [5.41, 5.74) is 0.460. The van der Waals surface area contributed by atoms with Crippen molar-refractivity contribution in [3.05, 3.63) is 76.7 Å². The molecule has 0 bridgehead atoms. The molecule has 0 spiro atoms. The van der Waals surface area contributed by atoms with Crippen molar-refractivity contribution < 1.29 is 14.1 Å². The van der Waals surface area contributed by atoms with Gasteiger partial charge in [-0.3, -0.25) is 10.1 Å². The van der Waals surface area contributed by atoms with Crippen molar-refractivity contribution in [3.63, 3.8) is 0 Å². The van der Waals surface area contributed by atoms with Crippen molar-refractivity contribution in [3.8, 4) is 11.6 Å². The van der Waals surface area contributed by atoms with Crippen LogP contribution in [0.5, 0.6) is 11.6 Å². The Morgan fingerprint density at radius 3 is 2.56 bits per heavy atom. The first-order chi connectivity index (χ1) is 13.1. The smallest absolute Gasteiger partial charge is 0.292 e. The second-order valence-corrected chi connectivity index (χ2v) is 5.40. The summed E-state index contributed by atoms with van der Waals surface area (Å²) in [7, 11) is 0. The Labute approximate surface area is 154 Å². The van der Waals surface area contributed by atoms with Gasteiger partial charge in [-0.15, -0.1) is 0 Å². The van der Waals surface area contributed by atoms with Gasteiger partial charge in [0.15, 0.2) is 0 Å². The molecule has 3 rings (SSSR count). The molecule has 8 nitrogen and oxygen atoms in total. The zero-order chi connectivity index (χ0) is 19.1. The molecule has 0 fully saturated rings. The molecule has 2 N–H and O–H groups in total. The van der Waals surface area contributed by atoms with E-state index in [-0.39, 0.29) is 11.5 Å². The maximum absolute atomic E-state index is 12.9. The topological polar surface area (TPSA) is 102 Å². The number of nitro groups is 1. The summed E-state index contributed by atoms with van der Waals surface area (Å²) in [6.45, 7) is 0.864. The number of hydrogen-bond acceptors (Lipinski definition) is 7. The Balaban J connectivity index is 1.53. The number of aromatic nitrogens is 2. The summed E-state index contributed by atoms with van der Waals surface area (Å²) >= 11 is 0. The van der Waals surface area contributed by atoms with E-state index in [4.69, 9.17) is 4.74 Å². The number of anilines is 2. The lowest BCUT2D eigenvalue weighted by molar-refractivity contribution is -0.384. The van der Waals surface area contributed by atoms with Gasteiger partial charge in [0, 0.05) is 31.4 Å². The van der Waals surface area contributed by atoms with E-state index < -0.39 is 4.92 Å². The van der Waals surface area contributed by atoms with Crippen LogP contribution in [0.4, 0.5) is 21.7 Å². The fourth-order valence-electron chi connectivity index (χ4n) is 2.26. The largest absolute Gasteiger partial charge is 0.439 e. The molecule has 3 aromatic rings. The predicted octanol–water partition coefficient (Wildman–Crippen LogP) is 3.84. The average Bonchev–Trinajstić information content (AvgIpc) is 2.68. The lowest BCUT2D eigenvalue weighted by atomic mass is 10.2. The molecular weight excluding hydrogens is 353 g/mol. The van der Waals surface area contributed by atoms with Crippen molar-refractivity contribution >= 4 is 17.3 Å². The van der Waals surface area contributed by atoms with Crippen LogP contribution in [0.3, 0.4) is 0 Å². The van der Waals surface area contributed by atoms with Crippen LogP contribution in [0.25, 0.3) is 0 Å². The molecular formula is C18H16FN5O3. The first kappa shape index (κ1) is 18.1. The molecule has 0 aliphatic heterocycles. The van der Waals surface area contributed by atoms with Crippen molar-refractivity contribution in [2.45, 2.75) is 0 Å². The van der Waals surface area contributed by atoms with Gasteiger partial charge in [0.05, 0.1) is 4.92 Å². The summed E-state index contributed by atoms with van der Waals surface area (Å²) in [6, 6.07) is 13.6. The van der Waals surface area contributed by atoms with Crippen LogP contribution in [-0.2, 0) is 0 Å². The van der Waals surface area contributed by atoms with Gasteiger partial charge < -0.3 is 15.4 Å². The second-order valence-electron chi connectivity index (χ2n) is 5.40. The first-order valence-electron chi connectivity index (χ1n) is 8.09. The van der Waals surface area contributed by atoms with Crippen molar-refractivity contribution in [2.75, 3.05) is 23.7 Å². The number of para-hydroxylation sites is 2. The van der Waals surface area contributed by atoms with E-state index in [0.717, 1.165) is 0 Å². The minimum absolute atomic E-state index is 0.0171. The van der Waals surface area contributed by atoms with Crippen molar-refractivity contribution in [2.24, 2.45) is 0 Å². The molecule has 0 aliphatic rings. The summed E-state index contributed by atoms with van der Waals surface area (Å²) in [6.07, 6.45) is 1.53. The molecule has 27 heavy (non-hydrogen) atoms. The molecule has 0 radical (unpaired) electrons. The Morgan fingerprint density at radius 2 is 1.78 bits per heavy atom. The van der Waals surface area contributed by atoms with Crippen LogP contribution in [0, 0.1) is 15.9 Å². The molecule has 0 saturated heterocycles. The quantitative estimate of drug-likeness (QED) is 0.353. The minimum Gasteiger partial charge on any atom is -0.439 e. The molecule has 0 amide bonds. The van der Waals surface area contributed by atoms with Gasteiger partial charge in [0.1, 0.15) is 17.3 Å². The van der Waals surface area contributed by atoms with E-state index in [2.05, 4.69) is 20.6 Å². The van der Waals surface area contributed by atoms with Gasteiger partial charge in [-0.1, -0.05) is 12.1 Å². The Hall–Kier alpha value is -3.75. The Kier molecular flexibility index (Phi) is 5.73. The van der Waals surface area contributed by atoms with E-state index >= 15 is 0 Å². The van der Waals surface area contributed by atoms with E-state index in [1.807, 2.05) is 0 Å². The molecule has 0 unspecified atom stereocenters. The highest BCUT2D eigenvalue weighted by molar-refractivity contribution is 5.61. The molecule has 0 atom stereocenters. The molecule has 0 saturated carbocycles. The minimum atomic E-state index is -0.435. The number of nitrogens with one attached hydrogen (secondary N) is 2. The molecule has 2 aromatic carbocycles. The van der Waals surface area contributed by atoms with Gasteiger partial charge in [0.2, 0.25) is 11.8 Å². The van der Waals surface area contributed by atoms with E-state index in [9.17, 15) is 14.5 Å². The molecule has 0 aliphatic carbocycles. The normalized spacial score (nSPS) is 10.3. The maximum atomic E-state index is 12.9. The third-order valence-electron chi connectivity index (χ3n) is 3.49. The second kappa shape index (κ2) is 8.56. The van der Waals surface area contributed by atoms with Crippen LogP contribution in [-0.4, -0.2) is 28.0 Å².